The molecule has 0 amide bonds. The molecule has 0 bridgehead atoms. The topological polar surface area (TPSA) is 149 Å². The van der Waals surface area contributed by atoms with Crippen LogP contribution in [0.2, 0.25) is 0 Å². The van der Waals surface area contributed by atoms with E-state index in [1.807, 2.05) is 80.4 Å². The fraction of sp³-hybridized carbons (Fsp3) is 0.250. The number of nitrogens with two attached hydrogens (primary N) is 1. The first-order valence-corrected chi connectivity index (χ1v) is 17.6. The Bertz CT molecular complexity index is 2730. The van der Waals surface area contributed by atoms with E-state index in [2.05, 4.69) is 20.2 Å². The zero-order valence-electron chi connectivity index (χ0n) is 28.5. The van der Waals surface area contributed by atoms with Crippen molar-refractivity contribution in [3.05, 3.63) is 114 Å². The summed E-state index contributed by atoms with van der Waals surface area (Å²) in [6, 6.07) is 15.2. The van der Waals surface area contributed by atoms with Crippen molar-refractivity contribution >= 4 is 71.0 Å². The first-order chi connectivity index (χ1) is 23.9. The van der Waals surface area contributed by atoms with Crippen LogP contribution in [0.1, 0.15) is 57.0 Å². The standard InChI is InChI=1S/C18H19N5OS.C18H16N4O2S/c1-10(19)13-6-4-5-12(7-13)9-23-18(24)15-14(8-20-23)16-17(22(15)3)21-11(2)25-16;1-10(23)13-6-4-5-12(7-13)9-22-18(24)15-14(8-19-22)16-17(21(15)3)20-11(2)25-16/h4-8,10H,9,19H2,1-3H3;4-8H,9H2,1-3H3. The van der Waals surface area contributed by atoms with E-state index in [9.17, 15) is 14.4 Å². The first kappa shape index (κ1) is 33.2. The molecule has 0 aliphatic heterocycles. The minimum atomic E-state index is -0.156. The summed E-state index contributed by atoms with van der Waals surface area (Å²) < 4.78 is 8.64. The highest BCUT2D eigenvalue weighted by Crippen LogP contribution is 2.31. The summed E-state index contributed by atoms with van der Waals surface area (Å²) in [7, 11) is 3.73. The molecule has 0 aliphatic rings. The maximum absolute atomic E-state index is 13.0. The molecule has 8 aromatic rings. The molecule has 8 rings (SSSR count). The summed E-state index contributed by atoms with van der Waals surface area (Å²) in [5.74, 6) is 0.00160. The van der Waals surface area contributed by atoms with E-state index in [-0.39, 0.29) is 22.9 Å². The van der Waals surface area contributed by atoms with Crippen LogP contribution in [-0.4, -0.2) is 44.4 Å². The fourth-order valence-corrected chi connectivity index (χ4v) is 8.14. The molecule has 254 valence electrons. The fourth-order valence-electron chi connectivity index (χ4n) is 6.22. The molecule has 14 heteroatoms. The summed E-state index contributed by atoms with van der Waals surface area (Å²) in [6.45, 7) is 8.13. The second-order valence-corrected chi connectivity index (χ2v) is 14.8. The van der Waals surface area contributed by atoms with Crippen molar-refractivity contribution in [2.75, 3.05) is 0 Å². The number of aromatic nitrogens is 8. The van der Waals surface area contributed by atoms with Gasteiger partial charge in [-0.25, -0.2) is 19.3 Å². The van der Waals surface area contributed by atoms with Gasteiger partial charge in [-0.05, 0) is 50.5 Å². The molecule has 0 spiro atoms. The van der Waals surface area contributed by atoms with Crippen molar-refractivity contribution in [2.45, 2.75) is 46.8 Å². The van der Waals surface area contributed by atoms with Gasteiger partial charge in [-0.1, -0.05) is 42.5 Å². The molecular formula is C36H35N9O3S2. The van der Waals surface area contributed by atoms with Crippen molar-refractivity contribution in [1.82, 2.24) is 38.7 Å². The summed E-state index contributed by atoms with van der Waals surface area (Å²) in [4.78, 5) is 46.4. The van der Waals surface area contributed by atoms with Gasteiger partial charge in [0.15, 0.2) is 17.1 Å². The van der Waals surface area contributed by atoms with Crippen molar-refractivity contribution in [3.63, 3.8) is 0 Å². The predicted octanol–water partition coefficient (Wildman–Crippen LogP) is 5.63. The maximum Gasteiger partial charge on any atom is 0.291 e. The largest absolute Gasteiger partial charge is 0.324 e. The van der Waals surface area contributed by atoms with Crippen molar-refractivity contribution < 1.29 is 4.79 Å². The summed E-state index contributed by atoms with van der Waals surface area (Å²) in [5.41, 5.74) is 12.1. The molecule has 6 aromatic heterocycles. The normalized spacial score (nSPS) is 12.2. The van der Waals surface area contributed by atoms with Crippen LogP contribution in [0.5, 0.6) is 0 Å². The Morgan fingerprint density at radius 3 is 1.74 bits per heavy atom. The molecule has 0 aliphatic carbocycles. The molecule has 2 aromatic carbocycles. The lowest BCUT2D eigenvalue weighted by Gasteiger charge is -2.09. The monoisotopic (exact) mass is 705 g/mol. The van der Waals surface area contributed by atoms with Crippen LogP contribution in [-0.2, 0) is 27.2 Å². The number of fused-ring (bicyclic) bond motifs is 6. The number of Topliss-reactive ketones (excluding diaryl/α,β-unsaturated/α-hetero) is 1. The van der Waals surface area contributed by atoms with Gasteiger partial charge in [-0.3, -0.25) is 14.4 Å². The quantitative estimate of drug-likeness (QED) is 0.219. The van der Waals surface area contributed by atoms with Crippen molar-refractivity contribution in [1.29, 1.82) is 0 Å². The summed E-state index contributed by atoms with van der Waals surface area (Å²) >= 11 is 3.16. The van der Waals surface area contributed by atoms with Gasteiger partial charge >= 0.3 is 0 Å². The van der Waals surface area contributed by atoms with Gasteiger partial charge in [-0.2, -0.15) is 10.2 Å². The number of rotatable bonds is 6. The van der Waals surface area contributed by atoms with E-state index in [1.54, 1.807) is 47.2 Å². The maximum atomic E-state index is 13.0. The number of benzene rings is 2. The van der Waals surface area contributed by atoms with Crippen LogP contribution in [0, 0.1) is 13.8 Å². The van der Waals surface area contributed by atoms with Gasteiger partial charge in [0.2, 0.25) is 0 Å². The Balaban J connectivity index is 0.000000157. The van der Waals surface area contributed by atoms with Crippen molar-refractivity contribution in [3.8, 4) is 0 Å². The molecule has 12 nitrogen and oxygen atoms in total. The number of nitrogens with zero attached hydrogens (tertiary/aromatic N) is 8. The van der Waals surface area contributed by atoms with Gasteiger partial charge in [-0.15, -0.1) is 22.7 Å². The molecule has 1 unspecified atom stereocenters. The number of thiazole rings is 2. The van der Waals surface area contributed by atoms with E-state index >= 15 is 0 Å². The zero-order chi connectivity index (χ0) is 35.4. The highest BCUT2D eigenvalue weighted by atomic mass is 32.1. The molecule has 2 N–H and O–H groups in total. The molecule has 50 heavy (non-hydrogen) atoms. The molecular weight excluding hydrogens is 671 g/mol. The molecule has 1 atom stereocenters. The molecule has 0 saturated carbocycles. The Morgan fingerprint density at radius 1 is 0.780 bits per heavy atom. The number of ketones is 1. The number of aryl methyl sites for hydroxylation is 4. The minimum absolute atomic E-state index is 0.00160. The molecule has 0 fully saturated rings. The first-order valence-electron chi connectivity index (χ1n) is 16.0. The van der Waals surface area contributed by atoms with Crippen LogP contribution in [0.25, 0.3) is 42.5 Å². The lowest BCUT2D eigenvalue weighted by molar-refractivity contribution is 0.101. The van der Waals surface area contributed by atoms with E-state index in [0.717, 1.165) is 58.2 Å². The number of hydrogen-bond donors (Lipinski definition) is 1. The number of carbonyl (C=O) groups excluding carboxylic acids is 1. The van der Waals surface area contributed by atoms with Gasteiger partial charge in [0, 0.05) is 36.5 Å². The third kappa shape index (κ3) is 5.84. The Morgan fingerprint density at radius 2 is 1.26 bits per heavy atom. The van der Waals surface area contributed by atoms with Crippen LogP contribution in [0.4, 0.5) is 0 Å². The minimum Gasteiger partial charge on any atom is -0.324 e. The van der Waals surface area contributed by atoms with Gasteiger partial charge in [0.1, 0.15) is 11.0 Å². The number of hydrogen-bond acceptors (Lipinski definition) is 10. The second kappa shape index (κ2) is 12.9. The molecule has 0 radical (unpaired) electrons. The highest BCUT2D eigenvalue weighted by Gasteiger charge is 2.19. The average molecular weight is 706 g/mol. The van der Waals surface area contributed by atoms with E-state index < -0.39 is 0 Å². The number of carbonyl (C=O) groups is 1. The van der Waals surface area contributed by atoms with E-state index in [1.165, 1.54) is 16.3 Å². The van der Waals surface area contributed by atoms with Crippen LogP contribution < -0.4 is 16.9 Å². The van der Waals surface area contributed by atoms with Gasteiger partial charge in [0.25, 0.3) is 11.1 Å². The summed E-state index contributed by atoms with van der Waals surface area (Å²) in [6.07, 6.45) is 3.50. The van der Waals surface area contributed by atoms with Crippen LogP contribution in [0.3, 0.4) is 0 Å². The van der Waals surface area contributed by atoms with Crippen molar-refractivity contribution in [2.24, 2.45) is 19.8 Å². The smallest absolute Gasteiger partial charge is 0.291 e. The lowest BCUT2D eigenvalue weighted by atomic mass is 10.1. The third-order valence-corrected chi connectivity index (χ3v) is 10.7. The Labute approximate surface area is 294 Å². The Hall–Kier alpha value is -5.31. The van der Waals surface area contributed by atoms with E-state index in [4.69, 9.17) is 5.73 Å². The SMILES string of the molecule is CC(=O)c1cccc(Cn2ncc3c4sc(C)nc4n(C)c3c2=O)c1.Cc1nc2c(s1)c1cnn(Cc3cccc(C(C)N)c3)c(=O)c1n2C. The summed E-state index contributed by atoms with van der Waals surface area (Å²) in [5, 5.41) is 12.4. The average Bonchev–Trinajstić information content (AvgIpc) is 3.80. The van der Waals surface area contributed by atoms with Gasteiger partial charge in [0.05, 0.1) is 44.9 Å². The predicted molar refractivity (Wildman–Crippen MR) is 199 cm³/mol. The lowest BCUT2D eigenvalue weighted by Crippen LogP contribution is -2.24. The van der Waals surface area contributed by atoms with Crippen LogP contribution in [0.15, 0.2) is 70.5 Å². The van der Waals surface area contributed by atoms with Gasteiger partial charge < -0.3 is 14.9 Å². The zero-order valence-corrected chi connectivity index (χ0v) is 30.1. The van der Waals surface area contributed by atoms with E-state index in [0.29, 0.717) is 29.7 Å². The van der Waals surface area contributed by atoms with Crippen LogP contribution >= 0.6 is 22.7 Å². The Kier molecular flexibility index (Phi) is 8.54. The third-order valence-electron chi connectivity index (χ3n) is 8.74. The second-order valence-electron chi connectivity index (χ2n) is 12.4. The highest BCUT2D eigenvalue weighted by molar-refractivity contribution is 7.19. The molecule has 0 saturated heterocycles. The molecule has 6 heterocycles.